The van der Waals surface area contributed by atoms with Crippen LogP contribution < -0.4 is 5.32 Å². The Morgan fingerprint density at radius 1 is 1.26 bits per heavy atom. The zero-order valence-electron chi connectivity index (χ0n) is 14.1. The molecule has 1 atom stereocenters. The van der Waals surface area contributed by atoms with Crippen molar-refractivity contribution in [3.63, 3.8) is 0 Å². The summed E-state index contributed by atoms with van der Waals surface area (Å²) in [5.74, 6) is -0.579. The highest BCUT2D eigenvalue weighted by molar-refractivity contribution is 5.83. The number of hydrogen-bond donors (Lipinski definition) is 3. The van der Waals surface area contributed by atoms with Gasteiger partial charge in [0.25, 0.3) is 0 Å². The molecular formula is C20H15FN4O2. The molecule has 0 fully saturated rings. The number of imidazole rings is 1. The summed E-state index contributed by atoms with van der Waals surface area (Å²) in [7, 11) is 0. The Kier molecular flexibility index (Phi) is 3.38. The van der Waals surface area contributed by atoms with E-state index in [1.165, 1.54) is 12.1 Å². The van der Waals surface area contributed by atoms with Gasteiger partial charge in [0.2, 0.25) is 0 Å². The van der Waals surface area contributed by atoms with Gasteiger partial charge in [0.1, 0.15) is 11.6 Å². The van der Waals surface area contributed by atoms with E-state index >= 15 is 0 Å². The first-order valence-corrected chi connectivity index (χ1v) is 8.53. The number of fused-ring (bicyclic) bond motifs is 4. The predicted octanol–water partition coefficient (Wildman–Crippen LogP) is 3.24. The van der Waals surface area contributed by atoms with Crippen molar-refractivity contribution in [2.24, 2.45) is 0 Å². The lowest BCUT2D eigenvalue weighted by molar-refractivity contribution is -0.136. The number of hydrogen-bond acceptors (Lipinski definition) is 3. The smallest absolute Gasteiger partial charge is 0.317 e. The summed E-state index contributed by atoms with van der Waals surface area (Å²) in [5.41, 5.74) is 5.10. The molecule has 0 radical (unpaired) electrons. The normalized spacial score (nSPS) is 15.1. The molecule has 2 aromatic carbocycles. The molecule has 1 aliphatic heterocycles. The highest BCUT2D eigenvalue weighted by atomic mass is 19.1. The van der Waals surface area contributed by atoms with Crippen LogP contribution in [0, 0.1) is 5.82 Å². The lowest BCUT2D eigenvalue weighted by Crippen LogP contribution is -2.27. The third-order valence-electron chi connectivity index (χ3n) is 4.85. The summed E-state index contributed by atoms with van der Waals surface area (Å²) in [6.07, 6.45) is 1.95. The number of nitrogens with one attached hydrogen (secondary N) is 2. The van der Waals surface area contributed by atoms with E-state index in [0.717, 1.165) is 22.5 Å². The number of halogens is 1. The standard InChI is InChI=1S/C20H15FN4O2/c21-11-6-7-14-15(9-11)24-20(23-14)13-4-1-3-12-18(22-10-17(26)27)16-5-2-8-25(16)19(12)13/h1-9,18,22H,10H2,(H,23,24)(H,26,27). The first-order valence-electron chi connectivity index (χ1n) is 8.53. The van der Waals surface area contributed by atoms with Gasteiger partial charge in [-0.2, -0.15) is 0 Å². The van der Waals surface area contributed by atoms with E-state index in [0.29, 0.717) is 16.9 Å². The Hall–Kier alpha value is -3.45. The number of aromatic nitrogens is 3. The van der Waals surface area contributed by atoms with Gasteiger partial charge < -0.3 is 14.7 Å². The van der Waals surface area contributed by atoms with Crippen molar-refractivity contribution in [1.82, 2.24) is 19.9 Å². The summed E-state index contributed by atoms with van der Waals surface area (Å²) in [6.45, 7) is -0.135. The number of carboxylic acids is 1. The summed E-state index contributed by atoms with van der Waals surface area (Å²) >= 11 is 0. The molecule has 134 valence electrons. The maximum Gasteiger partial charge on any atom is 0.317 e. The first kappa shape index (κ1) is 15.8. The van der Waals surface area contributed by atoms with Crippen LogP contribution in [0.5, 0.6) is 0 Å². The minimum atomic E-state index is -0.906. The third kappa shape index (κ3) is 2.43. The minimum absolute atomic E-state index is 0.135. The van der Waals surface area contributed by atoms with Crippen LogP contribution >= 0.6 is 0 Å². The van der Waals surface area contributed by atoms with Gasteiger partial charge >= 0.3 is 5.97 Å². The van der Waals surface area contributed by atoms with Gasteiger partial charge in [0, 0.05) is 17.5 Å². The molecular weight excluding hydrogens is 347 g/mol. The Balaban J connectivity index is 1.67. The summed E-state index contributed by atoms with van der Waals surface area (Å²) < 4.78 is 15.6. The molecule has 0 saturated carbocycles. The van der Waals surface area contributed by atoms with Crippen molar-refractivity contribution < 1.29 is 14.3 Å². The van der Waals surface area contributed by atoms with Crippen LogP contribution in [0.2, 0.25) is 0 Å². The van der Waals surface area contributed by atoms with Gasteiger partial charge in [-0.15, -0.1) is 0 Å². The van der Waals surface area contributed by atoms with E-state index in [2.05, 4.69) is 15.3 Å². The average Bonchev–Trinajstić information content (AvgIpc) is 3.33. The Labute approximate surface area is 153 Å². The van der Waals surface area contributed by atoms with Gasteiger partial charge in [-0.1, -0.05) is 12.1 Å². The van der Waals surface area contributed by atoms with Gasteiger partial charge in [0.05, 0.1) is 29.3 Å². The van der Waals surface area contributed by atoms with E-state index in [9.17, 15) is 9.18 Å². The molecule has 6 nitrogen and oxygen atoms in total. The number of aromatic amines is 1. The van der Waals surface area contributed by atoms with E-state index in [1.807, 2.05) is 41.1 Å². The van der Waals surface area contributed by atoms with Gasteiger partial charge in [-0.05, 0) is 42.0 Å². The number of H-pyrrole nitrogens is 1. The van der Waals surface area contributed by atoms with Gasteiger partial charge in [0.15, 0.2) is 0 Å². The monoisotopic (exact) mass is 362 g/mol. The van der Waals surface area contributed by atoms with Crippen LogP contribution in [0.1, 0.15) is 17.3 Å². The van der Waals surface area contributed by atoms with Crippen molar-refractivity contribution in [3.8, 4) is 17.1 Å². The topological polar surface area (TPSA) is 82.9 Å². The molecule has 0 spiro atoms. The van der Waals surface area contributed by atoms with Crippen molar-refractivity contribution in [3.05, 3.63) is 71.8 Å². The van der Waals surface area contributed by atoms with Crippen molar-refractivity contribution in [2.45, 2.75) is 6.04 Å². The summed E-state index contributed by atoms with van der Waals surface area (Å²) in [6, 6.07) is 14.0. The summed E-state index contributed by atoms with van der Waals surface area (Å²) in [4.78, 5) is 18.8. The second-order valence-electron chi connectivity index (χ2n) is 6.50. The summed E-state index contributed by atoms with van der Waals surface area (Å²) in [5, 5.41) is 12.1. The van der Waals surface area contributed by atoms with Crippen LogP contribution in [0.4, 0.5) is 4.39 Å². The number of rotatable bonds is 4. The number of aliphatic carboxylic acids is 1. The maximum absolute atomic E-state index is 13.5. The molecule has 0 bridgehead atoms. The second-order valence-corrected chi connectivity index (χ2v) is 6.50. The van der Waals surface area contributed by atoms with E-state index in [1.54, 1.807) is 6.07 Å². The van der Waals surface area contributed by atoms with E-state index in [4.69, 9.17) is 5.11 Å². The average molecular weight is 362 g/mol. The zero-order chi connectivity index (χ0) is 18.5. The van der Waals surface area contributed by atoms with Crippen LogP contribution in [0.25, 0.3) is 28.1 Å². The molecule has 27 heavy (non-hydrogen) atoms. The van der Waals surface area contributed by atoms with E-state index in [-0.39, 0.29) is 18.4 Å². The van der Waals surface area contributed by atoms with Crippen molar-refractivity contribution in [2.75, 3.05) is 6.54 Å². The molecule has 3 N–H and O–H groups in total. The fourth-order valence-corrected chi connectivity index (χ4v) is 3.76. The van der Waals surface area contributed by atoms with Crippen molar-refractivity contribution in [1.29, 1.82) is 0 Å². The number of para-hydroxylation sites is 1. The molecule has 7 heteroatoms. The van der Waals surface area contributed by atoms with Crippen molar-refractivity contribution >= 4 is 17.0 Å². The molecule has 0 aliphatic carbocycles. The fraction of sp³-hybridized carbons (Fsp3) is 0.100. The quantitative estimate of drug-likeness (QED) is 0.520. The molecule has 0 amide bonds. The molecule has 4 aromatic rings. The van der Waals surface area contributed by atoms with Gasteiger partial charge in [-0.3, -0.25) is 10.1 Å². The number of carboxylic acid groups (broad SMARTS) is 1. The largest absolute Gasteiger partial charge is 0.480 e. The zero-order valence-corrected chi connectivity index (χ0v) is 14.1. The lowest BCUT2D eigenvalue weighted by Gasteiger charge is -2.13. The molecule has 2 aromatic heterocycles. The Morgan fingerprint density at radius 2 is 2.15 bits per heavy atom. The predicted molar refractivity (Wildman–Crippen MR) is 98.3 cm³/mol. The molecule has 0 saturated heterocycles. The van der Waals surface area contributed by atoms with Crippen LogP contribution in [-0.2, 0) is 4.79 Å². The molecule has 3 heterocycles. The third-order valence-corrected chi connectivity index (χ3v) is 4.85. The SMILES string of the molecule is O=C(O)CNC1c2cccc(-c3nc4ccc(F)cc4[nH]3)c2-n2cccc21. The minimum Gasteiger partial charge on any atom is -0.480 e. The van der Waals surface area contributed by atoms with Crippen LogP contribution in [0.3, 0.4) is 0 Å². The second kappa shape index (κ2) is 5.78. The first-order chi connectivity index (χ1) is 13.1. The van der Waals surface area contributed by atoms with Crippen LogP contribution in [-0.4, -0.2) is 32.2 Å². The highest BCUT2D eigenvalue weighted by Gasteiger charge is 2.31. The highest BCUT2D eigenvalue weighted by Crippen LogP contribution is 2.41. The Bertz CT molecular complexity index is 1190. The number of carbonyl (C=O) groups is 1. The fourth-order valence-electron chi connectivity index (χ4n) is 3.76. The molecule has 1 aliphatic rings. The number of nitrogens with zero attached hydrogens (tertiary/aromatic N) is 2. The van der Waals surface area contributed by atoms with E-state index < -0.39 is 5.97 Å². The Morgan fingerprint density at radius 3 is 3.00 bits per heavy atom. The number of benzene rings is 2. The molecule has 1 unspecified atom stereocenters. The lowest BCUT2D eigenvalue weighted by atomic mass is 10.0. The molecule has 5 rings (SSSR count). The van der Waals surface area contributed by atoms with Crippen LogP contribution in [0.15, 0.2) is 54.7 Å². The van der Waals surface area contributed by atoms with Gasteiger partial charge in [-0.25, -0.2) is 9.37 Å². The maximum atomic E-state index is 13.5.